The first-order chi connectivity index (χ1) is 16.7. The molecule has 3 N–H and O–H groups in total. The summed E-state index contributed by atoms with van der Waals surface area (Å²) in [5.41, 5.74) is 5.90. The SMILES string of the molecule is CC(C)(N)C(=O)N[C@H](COCc1ccccc1)c1nnc2n1CCN(S(=O)(=O)c1ccccc1)C2. The molecule has 1 amide bonds. The van der Waals surface area contributed by atoms with Gasteiger partial charge in [-0.2, -0.15) is 4.31 Å². The van der Waals surface area contributed by atoms with Crippen molar-refractivity contribution in [2.45, 2.75) is 50.0 Å². The molecule has 0 radical (unpaired) electrons. The van der Waals surface area contributed by atoms with Crippen LogP contribution in [0.2, 0.25) is 0 Å². The number of amides is 1. The Hall–Kier alpha value is -3.12. The van der Waals surface area contributed by atoms with Gasteiger partial charge in [-0.25, -0.2) is 8.42 Å². The van der Waals surface area contributed by atoms with Gasteiger partial charge in [0.25, 0.3) is 0 Å². The fourth-order valence-electron chi connectivity index (χ4n) is 3.76. The maximum absolute atomic E-state index is 13.0. The minimum Gasteiger partial charge on any atom is -0.374 e. The number of hydrogen-bond donors (Lipinski definition) is 2. The van der Waals surface area contributed by atoms with Crippen LogP contribution in [-0.2, 0) is 39.3 Å². The Morgan fingerprint density at radius 3 is 2.40 bits per heavy atom. The van der Waals surface area contributed by atoms with E-state index in [4.69, 9.17) is 10.5 Å². The van der Waals surface area contributed by atoms with E-state index in [2.05, 4.69) is 15.5 Å². The molecule has 0 saturated heterocycles. The number of fused-ring (bicyclic) bond motifs is 1. The molecule has 0 saturated carbocycles. The van der Waals surface area contributed by atoms with Crippen LogP contribution in [0.5, 0.6) is 0 Å². The third-order valence-electron chi connectivity index (χ3n) is 5.73. The Morgan fingerprint density at radius 1 is 1.09 bits per heavy atom. The monoisotopic (exact) mass is 498 g/mol. The van der Waals surface area contributed by atoms with Crippen LogP contribution in [0.1, 0.15) is 37.1 Å². The summed E-state index contributed by atoms with van der Waals surface area (Å²) in [5.74, 6) is 0.648. The van der Waals surface area contributed by atoms with Gasteiger partial charge in [0.2, 0.25) is 15.9 Å². The van der Waals surface area contributed by atoms with Crippen LogP contribution >= 0.6 is 0 Å². The number of benzene rings is 2. The van der Waals surface area contributed by atoms with Crippen LogP contribution in [0, 0.1) is 0 Å². The Labute approximate surface area is 205 Å². The van der Waals surface area contributed by atoms with Crippen LogP contribution < -0.4 is 11.1 Å². The topological polar surface area (TPSA) is 132 Å². The van der Waals surface area contributed by atoms with E-state index in [-0.39, 0.29) is 30.5 Å². The molecule has 1 aromatic heterocycles. The Bertz CT molecular complexity index is 1260. The summed E-state index contributed by atoms with van der Waals surface area (Å²) < 4.78 is 35.2. The van der Waals surface area contributed by atoms with Crippen LogP contribution in [0.25, 0.3) is 0 Å². The van der Waals surface area contributed by atoms with E-state index in [1.807, 2.05) is 34.9 Å². The predicted molar refractivity (Wildman–Crippen MR) is 129 cm³/mol. The zero-order valence-corrected chi connectivity index (χ0v) is 20.6. The van der Waals surface area contributed by atoms with Crippen molar-refractivity contribution in [3.63, 3.8) is 0 Å². The Morgan fingerprint density at radius 2 is 1.74 bits per heavy atom. The molecular formula is C24H30N6O4S. The van der Waals surface area contributed by atoms with Crippen molar-refractivity contribution in [3.05, 3.63) is 77.9 Å². The van der Waals surface area contributed by atoms with Crippen molar-refractivity contribution in [2.24, 2.45) is 5.73 Å². The molecule has 3 aromatic rings. The summed E-state index contributed by atoms with van der Waals surface area (Å²) >= 11 is 0. The lowest BCUT2D eigenvalue weighted by Crippen LogP contribution is -2.51. The maximum atomic E-state index is 13.0. The van der Waals surface area contributed by atoms with Gasteiger partial charge in [-0.05, 0) is 31.5 Å². The number of carbonyl (C=O) groups is 1. The first-order valence-electron chi connectivity index (χ1n) is 11.3. The maximum Gasteiger partial charge on any atom is 0.243 e. The number of nitrogens with one attached hydrogen (secondary N) is 1. The van der Waals surface area contributed by atoms with Crippen LogP contribution in [0.15, 0.2) is 65.6 Å². The minimum atomic E-state index is -3.66. The molecule has 2 aromatic carbocycles. The summed E-state index contributed by atoms with van der Waals surface area (Å²) in [6, 6.07) is 17.4. The second kappa shape index (κ2) is 10.2. The molecule has 0 spiro atoms. The predicted octanol–water partition coefficient (Wildman–Crippen LogP) is 1.59. The van der Waals surface area contributed by atoms with Crippen molar-refractivity contribution in [2.75, 3.05) is 13.2 Å². The summed E-state index contributed by atoms with van der Waals surface area (Å²) in [4.78, 5) is 12.9. The zero-order valence-electron chi connectivity index (χ0n) is 19.8. The fourth-order valence-corrected chi connectivity index (χ4v) is 5.16. The lowest BCUT2D eigenvalue weighted by Gasteiger charge is -2.29. The molecule has 0 fully saturated rings. The fraction of sp³-hybridized carbons (Fsp3) is 0.375. The highest BCUT2D eigenvalue weighted by Crippen LogP contribution is 2.24. The molecule has 11 heteroatoms. The number of rotatable bonds is 9. The quantitative estimate of drug-likeness (QED) is 0.458. The van der Waals surface area contributed by atoms with Gasteiger partial charge < -0.3 is 20.4 Å². The van der Waals surface area contributed by atoms with Crippen LogP contribution in [0.4, 0.5) is 0 Å². The molecule has 1 aliphatic rings. The average Bonchev–Trinajstić information content (AvgIpc) is 3.27. The van der Waals surface area contributed by atoms with E-state index < -0.39 is 21.6 Å². The average molecular weight is 499 g/mol. The van der Waals surface area contributed by atoms with Crippen molar-refractivity contribution >= 4 is 15.9 Å². The molecule has 0 unspecified atom stereocenters. The third kappa shape index (κ3) is 5.76. The molecule has 10 nitrogen and oxygen atoms in total. The molecular weight excluding hydrogens is 468 g/mol. The van der Waals surface area contributed by atoms with Gasteiger partial charge in [-0.15, -0.1) is 10.2 Å². The number of ether oxygens (including phenoxy) is 1. The third-order valence-corrected chi connectivity index (χ3v) is 7.59. The van der Waals surface area contributed by atoms with Gasteiger partial charge in [0, 0.05) is 13.1 Å². The number of nitrogens with two attached hydrogens (primary N) is 1. The van der Waals surface area contributed by atoms with Gasteiger partial charge in [-0.3, -0.25) is 4.79 Å². The second-order valence-electron chi connectivity index (χ2n) is 9.03. The summed E-state index contributed by atoms with van der Waals surface area (Å²) in [5, 5.41) is 11.5. The highest BCUT2D eigenvalue weighted by Gasteiger charge is 2.34. The van der Waals surface area contributed by atoms with E-state index in [1.54, 1.807) is 44.2 Å². The molecule has 0 aliphatic carbocycles. The number of sulfonamides is 1. The van der Waals surface area contributed by atoms with Gasteiger partial charge in [0.05, 0.1) is 30.2 Å². The number of carbonyl (C=O) groups excluding carboxylic acids is 1. The molecule has 4 rings (SSSR count). The van der Waals surface area contributed by atoms with E-state index >= 15 is 0 Å². The molecule has 35 heavy (non-hydrogen) atoms. The van der Waals surface area contributed by atoms with Crippen molar-refractivity contribution in [3.8, 4) is 0 Å². The largest absolute Gasteiger partial charge is 0.374 e. The number of aromatic nitrogens is 3. The van der Waals surface area contributed by atoms with Gasteiger partial charge in [0.15, 0.2) is 5.82 Å². The molecule has 1 aliphatic heterocycles. The van der Waals surface area contributed by atoms with Crippen molar-refractivity contribution in [1.29, 1.82) is 0 Å². The summed E-state index contributed by atoms with van der Waals surface area (Å²) in [6.45, 7) is 4.44. The van der Waals surface area contributed by atoms with Gasteiger partial charge in [-0.1, -0.05) is 48.5 Å². The molecule has 2 heterocycles. The van der Waals surface area contributed by atoms with Gasteiger partial charge >= 0.3 is 0 Å². The first kappa shape index (κ1) is 25.0. The van der Waals surface area contributed by atoms with Crippen molar-refractivity contribution in [1.82, 2.24) is 24.4 Å². The van der Waals surface area contributed by atoms with E-state index in [1.165, 1.54) is 4.31 Å². The Balaban J connectivity index is 1.53. The van der Waals surface area contributed by atoms with E-state index in [0.717, 1.165) is 5.56 Å². The summed E-state index contributed by atoms with van der Waals surface area (Å²) in [6.07, 6.45) is 0. The van der Waals surface area contributed by atoms with Gasteiger partial charge in [0.1, 0.15) is 11.9 Å². The number of nitrogens with zero attached hydrogens (tertiary/aromatic N) is 4. The van der Waals surface area contributed by atoms with Crippen LogP contribution in [0.3, 0.4) is 0 Å². The second-order valence-corrected chi connectivity index (χ2v) is 11.0. The standard InChI is InChI=1S/C24H30N6O4S/c1-24(2,25)23(31)26-20(17-34-16-18-9-5-3-6-10-18)22-28-27-21-15-29(13-14-30(21)22)35(32,33)19-11-7-4-8-12-19/h3-12,20H,13-17,25H2,1-2H3,(H,26,31)/t20-/m1/s1. The smallest absolute Gasteiger partial charge is 0.243 e. The lowest BCUT2D eigenvalue weighted by molar-refractivity contribution is -0.126. The highest BCUT2D eigenvalue weighted by molar-refractivity contribution is 7.89. The zero-order chi connectivity index (χ0) is 25.1. The first-order valence-corrected chi connectivity index (χ1v) is 12.8. The number of hydrogen-bond acceptors (Lipinski definition) is 7. The normalized spacial score (nSPS) is 15.4. The van der Waals surface area contributed by atoms with E-state index in [0.29, 0.717) is 24.8 Å². The lowest BCUT2D eigenvalue weighted by atomic mass is 10.1. The summed E-state index contributed by atoms with van der Waals surface area (Å²) in [7, 11) is -3.66. The highest BCUT2D eigenvalue weighted by atomic mass is 32.2. The van der Waals surface area contributed by atoms with Crippen LogP contribution in [-0.4, -0.2) is 52.1 Å². The van der Waals surface area contributed by atoms with E-state index in [9.17, 15) is 13.2 Å². The molecule has 0 bridgehead atoms. The molecule has 186 valence electrons. The Kier molecular flexibility index (Phi) is 7.31. The van der Waals surface area contributed by atoms with Crippen molar-refractivity contribution < 1.29 is 17.9 Å². The minimum absolute atomic E-state index is 0.0815. The molecule has 1 atom stereocenters.